The van der Waals surface area contributed by atoms with Crippen LogP contribution in [0, 0.1) is 11.3 Å². The van der Waals surface area contributed by atoms with Gasteiger partial charge in [0.2, 0.25) is 5.91 Å². The van der Waals surface area contributed by atoms with Crippen molar-refractivity contribution < 1.29 is 18.4 Å². The van der Waals surface area contributed by atoms with E-state index in [0.29, 0.717) is 16.5 Å². The number of Topliss-reactive ketones (excluding diaryl/α,β-unsaturated/α-hetero) is 1. The number of rotatable bonds is 6. The first kappa shape index (κ1) is 26.2. The predicted molar refractivity (Wildman–Crippen MR) is 140 cm³/mol. The van der Waals surface area contributed by atoms with Crippen LogP contribution in [0.25, 0.3) is 23.1 Å². The van der Waals surface area contributed by atoms with E-state index < -0.39 is 30.8 Å². The number of nitrogens with zero attached hydrogens (tertiary/aromatic N) is 3. The highest BCUT2D eigenvalue weighted by Crippen LogP contribution is 2.32. The van der Waals surface area contributed by atoms with Crippen molar-refractivity contribution in [1.29, 1.82) is 5.26 Å². The number of hydrogen-bond acceptors (Lipinski definition) is 4. The molecule has 0 bridgehead atoms. The van der Waals surface area contributed by atoms with Crippen LogP contribution in [0.2, 0.25) is 0 Å². The van der Waals surface area contributed by atoms with E-state index in [1.165, 1.54) is 11.8 Å². The van der Waals surface area contributed by atoms with Crippen LogP contribution in [-0.2, 0) is 10.2 Å². The Labute approximate surface area is 215 Å². The summed E-state index contributed by atoms with van der Waals surface area (Å²) in [5.41, 5.74) is 4.35. The monoisotopic (exact) mass is 501 g/mol. The Kier molecular flexibility index (Phi) is 7.22. The zero-order valence-electron chi connectivity index (χ0n) is 21.2. The van der Waals surface area contributed by atoms with Gasteiger partial charge in [0, 0.05) is 36.4 Å². The van der Waals surface area contributed by atoms with E-state index in [1.807, 2.05) is 30.4 Å². The Hall–Kier alpha value is -3.92. The van der Waals surface area contributed by atoms with Gasteiger partial charge in [-0.1, -0.05) is 63.3 Å². The number of halogens is 2. The summed E-state index contributed by atoms with van der Waals surface area (Å²) in [5.74, 6) is -3.98. The van der Waals surface area contributed by atoms with Crippen molar-refractivity contribution in [3.05, 3.63) is 77.0 Å². The average molecular weight is 502 g/mol. The molecular formula is C30H29F2N3O2. The van der Waals surface area contributed by atoms with E-state index in [1.54, 1.807) is 12.1 Å². The molecule has 0 saturated carbocycles. The number of amides is 1. The fourth-order valence-electron chi connectivity index (χ4n) is 4.49. The number of nitriles is 1. The first-order valence-corrected chi connectivity index (χ1v) is 12.2. The summed E-state index contributed by atoms with van der Waals surface area (Å²) < 4.78 is 27.4. The van der Waals surface area contributed by atoms with Crippen LogP contribution in [0.1, 0.15) is 67.1 Å². The molecule has 4 rings (SSSR count). The average Bonchev–Trinajstić information content (AvgIpc) is 3.19. The second kappa shape index (κ2) is 10.2. The lowest BCUT2D eigenvalue weighted by molar-refractivity contribution is -0.132. The molecule has 1 atom stereocenters. The highest BCUT2D eigenvalue weighted by molar-refractivity contribution is 6.08. The summed E-state index contributed by atoms with van der Waals surface area (Å²) in [6, 6.07) is 16.2. The fraction of sp³-hybridized carbons (Fsp3) is 0.333. The van der Waals surface area contributed by atoms with Crippen LogP contribution in [0.15, 0.2) is 54.7 Å². The van der Waals surface area contributed by atoms with E-state index in [4.69, 9.17) is 5.26 Å². The van der Waals surface area contributed by atoms with Gasteiger partial charge in [-0.2, -0.15) is 5.26 Å². The zero-order valence-corrected chi connectivity index (χ0v) is 21.2. The highest BCUT2D eigenvalue weighted by Gasteiger charge is 2.47. The highest BCUT2D eigenvalue weighted by atomic mass is 19.3. The normalized spacial score (nSPS) is 17.3. The van der Waals surface area contributed by atoms with Crippen molar-refractivity contribution in [2.24, 2.45) is 0 Å². The first-order valence-electron chi connectivity index (χ1n) is 12.2. The molecule has 190 valence electrons. The number of aromatic nitrogens is 1. The maximum Gasteiger partial charge on any atom is 0.268 e. The number of hydrogen-bond donors (Lipinski definition) is 0. The minimum atomic E-state index is -3.08. The van der Waals surface area contributed by atoms with Gasteiger partial charge in [-0.25, -0.2) is 8.78 Å². The molecule has 37 heavy (non-hydrogen) atoms. The first-order chi connectivity index (χ1) is 17.5. The second-order valence-electron chi connectivity index (χ2n) is 10.5. The SMILES string of the molecule is CC(C)(C)c1ccc(/C=C/c2ccc3nccc(C(=O)CCC(=O)N4CC(F)(F)C[C@H]4C#N)c3c2)cc1. The minimum absolute atomic E-state index is 0.0815. The Bertz CT molecular complexity index is 1400. The number of benzene rings is 2. The maximum absolute atomic E-state index is 13.7. The lowest BCUT2D eigenvalue weighted by Crippen LogP contribution is -2.36. The standard InChI is InChI=1S/C30H29F2N3O2/c1-29(2,3)22-9-6-20(7-10-22)4-5-21-8-11-26-25(16-21)24(14-15-34-26)27(36)12-13-28(37)35-19-30(31,32)17-23(35)18-33/h4-11,14-16,23H,12-13,17,19H2,1-3H3/b5-4+/t23-/m0/s1. The molecule has 2 heterocycles. The lowest BCUT2D eigenvalue weighted by Gasteiger charge is -2.18. The smallest absolute Gasteiger partial charge is 0.268 e. The van der Waals surface area contributed by atoms with E-state index >= 15 is 0 Å². The maximum atomic E-state index is 13.7. The van der Waals surface area contributed by atoms with Gasteiger partial charge in [0.15, 0.2) is 5.78 Å². The summed E-state index contributed by atoms with van der Waals surface area (Å²) in [6.45, 7) is 5.72. The summed E-state index contributed by atoms with van der Waals surface area (Å²) in [5, 5.41) is 9.78. The van der Waals surface area contributed by atoms with Gasteiger partial charge in [-0.05, 0) is 40.3 Å². The molecule has 1 saturated heterocycles. The molecular weight excluding hydrogens is 472 g/mol. The third-order valence-corrected chi connectivity index (χ3v) is 6.62. The van der Waals surface area contributed by atoms with Gasteiger partial charge >= 0.3 is 0 Å². The Morgan fingerprint density at radius 2 is 1.76 bits per heavy atom. The van der Waals surface area contributed by atoms with Gasteiger partial charge in [0.1, 0.15) is 6.04 Å². The molecule has 0 aliphatic carbocycles. The van der Waals surface area contributed by atoms with E-state index in [2.05, 4.69) is 50.0 Å². The number of carbonyl (C=O) groups excluding carboxylic acids is 2. The number of pyridine rings is 1. The lowest BCUT2D eigenvalue weighted by atomic mass is 9.87. The Balaban J connectivity index is 1.49. The molecule has 0 unspecified atom stereocenters. The Morgan fingerprint density at radius 1 is 1.08 bits per heavy atom. The van der Waals surface area contributed by atoms with Gasteiger partial charge < -0.3 is 4.90 Å². The zero-order chi connectivity index (χ0) is 26.8. The second-order valence-corrected chi connectivity index (χ2v) is 10.5. The minimum Gasteiger partial charge on any atom is -0.320 e. The number of alkyl halides is 2. The van der Waals surface area contributed by atoms with Gasteiger partial charge in [-0.15, -0.1) is 0 Å². The third-order valence-electron chi connectivity index (χ3n) is 6.62. The predicted octanol–water partition coefficient (Wildman–Crippen LogP) is 6.43. The van der Waals surface area contributed by atoms with Crippen molar-refractivity contribution in [3.63, 3.8) is 0 Å². The molecule has 5 nitrogen and oxygen atoms in total. The van der Waals surface area contributed by atoms with Crippen LogP contribution >= 0.6 is 0 Å². The number of ketones is 1. The molecule has 2 aromatic carbocycles. The third kappa shape index (κ3) is 6.08. The van der Waals surface area contributed by atoms with Crippen molar-refractivity contribution in [1.82, 2.24) is 9.88 Å². The van der Waals surface area contributed by atoms with Crippen molar-refractivity contribution >= 4 is 34.7 Å². The molecule has 1 aromatic heterocycles. The fourth-order valence-corrected chi connectivity index (χ4v) is 4.49. The molecule has 1 aliphatic rings. The summed E-state index contributed by atoms with van der Waals surface area (Å²) in [6.07, 6.45) is 4.46. The summed E-state index contributed by atoms with van der Waals surface area (Å²) >= 11 is 0. The van der Waals surface area contributed by atoms with E-state index in [9.17, 15) is 18.4 Å². The van der Waals surface area contributed by atoms with Gasteiger partial charge in [0.25, 0.3) is 5.92 Å². The topological polar surface area (TPSA) is 74.1 Å². The molecule has 3 aromatic rings. The number of likely N-dealkylation sites (tertiary alicyclic amines) is 1. The largest absolute Gasteiger partial charge is 0.320 e. The van der Waals surface area contributed by atoms with Crippen LogP contribution < -0.4 is 0 Å². The van der Waals surface area contributed by atoms with Gasteiger partial charge in [-0.3, -0.25) is 14.6 Å². The van der Waals surface area contributed by atoms with Crippen LogP contribution in [0.3, 0.4) is 0 Å². The molecule has 0 radical (unpaired) electrons. The molecule has 1 fully saturated rings. The summed E-state index contributed by atoms with van der Waals surface area (Å²) in [4.78, 5) is 30.8. The van der Waals surface area contributed by atoms with E-state index in [0.717, 1.165) is 16.0 Å². The van der Waals surface area contributed by atoms with E-state index in [-0.39, 0.29) is 24.0 Å². The molecule has 7 heteroatoms. The van der Waals surface area contributed by atoms with Crippen molar-refractivity contribution in [3.8, 4) is 6.07 Å². The van der Waals surface area contributed by atoms with Gasteiger partial charge in [0.05, 0.1) is 18.1 Å². The number of carbonyl (C=O) groups is 2. The van der Waals surface area contributed by atoms with Crippen LogP contribution in [0.5, 0.6) is 0 Å². The molecule has 1 aliphatic heterocycles. The molecule has 0 spiro atoms. The quantitative estimate of drug-likeness (QED) is 0.288. The molecule has 0 N–H and O–H groups in total. The van der Waals surface area contributed by atoms with Crippen LogP contribution in [-0.4, -0.2) is 40.1 Å². The summed E-state index contributed by atoms with van der Waals surface area (Å²) in [7, 11) is 0. The molecule has 1 amide bonds. The van der Waals surface area contributed by atoms with Crippen molar-refractivity contribution in [2.75, 3.05) is 6.54 Å². The Morgan fingerprint density at radius 3 is 2.43 bits per heavy atom. The van der Waals surface area contributed by atoms with Crippen LogP contribution in [0.4, 0.5) is 8.78 Å². The number of fused-ring (bicyclic) bond motifs is 1. The van der Waals surface area contributed by atoms with Crippen molar-refractivity contribution in [2.45, 2.75) is 57.4 Å².